The van der Waals surface area contributed by atoms with E-state index < -0.39 is 0 Å². The van der Waals surface area contributed by atoms with E-state index in [9.17, 15) is 4.79 Å². The number of hydrogen-bond donors (Lipinski definition) is 0. The summed E-state index contributed by atoms with van der Waals surface area (Å²) in [5.74, 6) is 2.28. The normalized spacial score (nSPS) is 11.3. The number of methoxy groups -OCH3 is 3. The van der Waals surface area contributed by atoms with E-state index in [1.165, 1.54) is 5.56 Å². The zero-order valence-corrected chi connectivity index (χ0v) is 22.2. The Kier molecular flexibility index (Phi) is 7.57. The maximum Gasteiger partial charge on any atom is 0.194 e. The van der Waals surface area contributed by atoms with Crippen LogP contribution in [0.4, 0.5) is 0 Å². The topological polar surface area (TPSA) is 62.6 Å². The Labute approximate surface area is 214 Å². The van der Waals surface area contributed by atoms with Crippen molar-refractivity contribution in [2.24, 2.45) is 0 Å². The molecule has 7 heteroatoms. The SMILES string of the molecule is COCCn1c(-c2ccc(C(C)C)cc2)nc2c(Br)c(C(=O)c3cccc(OC)c3)cc(OC)c21. The third-order valence-corrected chi connectivity index (χ3v) is 6.87. The van der Waals surface area contributed by atoms with Crippen LogP contribution in [0.1, 0.15) is 41.3 Å². The van der Waals surface area contributed by atoms with Gasteiger partial charge in [-0.2, -0.15) is 0 Å². The number of halogens is 1. The van der Waals surface area contributed by atoms with Gasteiger partial charge in [0.2, 0.25) is 0 Å². The molecule has 0 saturated heterocycles. The molecule has 0 aliphatic rings. The highest BCUT2D eigenvalue weighted by Crippen LogP contribution is 2.39. The Balaban J connectivity index is 1.92. The van der Waals surface area contributed by atoms with Crippen molar-refractivity contribution in [3.63, 3.8) is 0 Å². The number of benzene rings is 3. The molecule has 35 heavy (non-hydrogen) atoms. The van der Waals surface area contributed by atoms with Crippen molar-refractivity contribution >= 4 is 32.7 Å². The number of imidazole rings is 1. The van der Waals surface area contributed by atoms with Gasteiger partial charge in [-0.25, -0.2) is 4.98 Å². The molecule has 0 amide bonds. The van der Waals surface area contributed by atoms with Gasteiger partial charge in [-0.3, -0.25) is 4.79 Å². The summed E-state index contributed by atoms with van der Waals surface area (Å²) in [4.78, 5) is 18.5. The Morgan fingerprint density at radius 1 is 1.03 bits per heavy atom. The number of ether oxygens (including phenoxy) is 3. The van der Waals surface area contributed by atoms with Crippen molar-refractivity contribution in [2.75, 3.05) is 27.9 Å². The fraction of sp³-hybridized carbons (Fsp3) is 0.286. The van der Waals surface area contributed by atoms with E-state index in [4.69, 9.17) is 19.2 Å². The van der Waals surface area contributed by atoms with Gasteiger partial charge in [0.05, 0.1) is 25.3 Å². The number of ketones is 1. The Bertz CT molecular complexity index is 1360. The van der Waals surface area contributed by atoms with Crippen LogP contribution in [-0.2, 0) is 11.3 Å². The molecule has 0 saturated carbocycles. The number of hydrogen-bond acceptors (Lipinski definition) is 5. The predicted octanol–water partition coefficient (Wildman–Crippen LogP) is 6.48. The molecule has 0 atom stereocenters. The second-order valence-electron chi connectivity index (χ2n) is 8.56. The van der Waals surface area contributed by atoms with Gasteiger partial charge in [-0.05, 0) is 45.6 Å². The van der Waals surface area contributed by atoms with Gasteiger partial charge in [0.1, 0.15) is 28.4 Å². The highest BCUT2D eigenvalue weighted by Gasteiger charge is 2.24. The Hall–Kier alpha value is -3.16. The first-order valence-corrected chi connectivity index (χ1v) is 12.2. The summed E-state index contributed by atoms with van der Waals surface area (Å²) in [5.41, 5.74) is 4.71. The van der Waals surface area contributed by atoms with Crippen LogP contribution >= 0.6 is 15.9 Å². The maximum atomic E-state index is 13.5. The second kappa shape index (κ2) is 10.6. The van der Waals surface area contributed by atoms with Crippen molar-refractivity contribution in [1.29, 1.82) is 0 Å². The van der Waals surface area contributed by atoms with Crippen molar-refractivity contribution in [3.05, 3.63) is 75.8 Å². The lowest BCUT2D eigenvalue weighted by molar-refractivity contribution is 0.103. The van der Waals surface area contributed by atoms with Crippen LogP contribution in [0.2, 0.25) is 0 Å². The lowest BCUT2D eigenvalue weighted by Gasteiger charge is -2.13. The fourth-order valence-corrected chi connectivity index (χ4v) is 4.70. The van der Waals surface area contributed by atoms with Gasteiger partial charge >= 0.3 is 0 Å². The number of aromatic nitrogens is 2. The van der Waals surface area contributed by atoms with Crippen LogP contribution in [-0.4, -0.2) is 43.3 Å². The number of carbonyl (C=O) groups excluding carboxylic acids is 1. The quantitative estimate of drug-likeness (QED) is 0.229. The molecule has 0 unspecified atom stereocenters. The first-order chi connectivity index (χ1) is 16.9. The average Bonchev–Trinajstić information content (AvgIpc) is 3.27. The van der Waals surface area contributed by atoms with Crippen molar-refractivity contribution in [1.82, 2.24) is 9.55 Å². The van der Waals surface area contributed by atoms with Gasteiger partial charge in [-0.15, -0.1) is 0 Å². The van der Waals surface area contributed by atoms with Crippen molar-refractivity contribution < 1.29 is 19.0 Å². The summed E-state index contributed by atoms with van der Waals surface area (Å²) >= 11 is 3.68. The molecule has 0 bridgehead atoms. The lowest BCUT2D eigenvalue weighted by Crippen LogP contribution is -2.08. The van der Waals surface area contributed by atoms with Crippen LogP contribution in [0, 0.1) is 0 Å². The first-order valence-electron chi connectivity index (χ1n) is 11.4. The smallest absolute Gasteiger partial charge is 0.194 e. The monoisotopic (exact) mass is 536 g/mol. The number of nitrogens with zero attached hydrogens (tertiary/aromatic N) is 2. The standard InChI is InChI=1S/C28H29BrN2O4/c1-17(2)18-9-11-19(12-10-18)28-30-25-24(29)22(27(32)20-7-6-8-21(15-20)34-4)16-23(35-5)26(25)31(28)13-14-33-3/h6-12,15-17H,13-14H2,1-5H3. The molecule has 0 aliphatic heterocycles. The second-order valence-corrected chi connectivity index (χ2v) is 9.35. The summed E-state index contributed by atoms with van der Waals surface area (Å²) < 4.78 is 19.2. The van der Waals surface area contributed by atoms with E-state index in [-0.39, 0.29) is 5.78 Å². The molecule has 4 rings (SSSR count). The van der Waals surface area contributed by atoms with Crippen LogP contribution in [0.5, 0.6) is 11.5 Å². The highest BCUT2D eigenvalue weighted by atomic mass is 79.9. The lowest BCUT2D eigenvalue weighted by atomic mass is 10.0. The van der Waals surface area contributed by atoms with E-state index in [1.807, 2.05) is 6.07 Å². The summed E-state index contributed by atoms with van der Waals surface area (Å²) in [6.07, 6.45) is 0. The molecule has 0 spiro atoms. The summed E-state index contributed by atoms with van der Waals surface area (Å²) in [7, 11) is 4.86. The minimum absolute atomic E-state index is 0.148. The van der Waals surface area contributed by atoms with E-state index in [0.29, 0.717) is 51.7 Å². The van der Waals surface area contributed by atoms with Crippen molar-refractivity contribution in [3.8, 4) is 22.9 Å². The van der Waals surface area contributed by atoms with Gasteiger partial charge in [0.15, 0.2) is 5.78 Å². The van der Waals surface area contributed by atoms with Gasteiger partial charge < -0.3 is 18.8 Å². The zero-order chi connectivity index (χ0) is 25.1. The fourth-order valence-electron chi connectivity index (χ4n) is 4.12. The molecule has 4 aromatic rings. The van der Waals surface area contributed by atoms with Crippen molar-refractivity contribution in [2.45, 2.75) is 26.3 Å². The Morgan fingerprint density at radius 3 is 2.40 bits per heavy atom. The molecule has 0 aliphatic carbocycles. The molecule has 1 aromatic heterocycles. The molecule has 182 valence electrons. The molecule has 0 N–H and O–H groups in total. The van der Waals surface area contributed by atoms with E-state index >= 15 is 0 Å². The van der Waals surface area contributed by atoms with Crippen LogP contribution in [0.25, 0.3) is 22.4 Å². The predicted molar refractivity (Wildman–Crippen MR) is 142 cm³/mol. The molecule has 6 nitrogen and oxygen atoms in total. The van der Waals surface area contributed by atoms with Gasteiger partial charge in [0, 0.05) is 30.3 Å². The van der Waals surface area contributed by atoms with Gasteiger partial charge in [0.25, 0.3) is 0 Å². The van der Waals surface area contributed by atoms with Crippen LogP contribution < -0.4 is 9.47 Å². The van der Waals surface area contributed by atoms with Gasteiger partial charge in [-0.1, -0.05) is 50.2 Å². The third kappa shape index (κ3) is 4.83. The Morgan fingerprint density at radius 2 is 1.77 bits per heavy atom. The zero-order valence-electron chi connectivity index (χ0n) is 20.6. The minimum Gasteiger partial charge on any atom is -0.497 e. The molecule has 0 radical (unpaired) electrons. The summed E-state index contributed by atoms with van der Waals surface area (Å²) in [5, 5.41) is 0. The average molecular weight is 537 g/mol. The van der Waals surface area contributed by atoms with Crippen LogP contribution in [0.3, 0.4) is 0 Å². The minimum atomic E-state index is -0.148. The number of carbonyl (C=O) groups is 1. The molecule has 3 aromatic carbocycles. The van der Waals surface area contributed by atoms with E-state index in [1.54, 1.807) is 45.6 Å². The maximum absolute atomic E-state index is 13.5. The van der Waals surface area contributed by atoms with E-state index in [0.717, 1.165) is 16.9 Å². The largest absolute Gasteiger partial charge is 0.497 e. The number of rotatable bonds is 9. The molecule has 0 fully saturated rings. The van der Waals surface area contributed by atoms with Crippen LogP contribution in [0.15, 0.2) is 59.1 Å². The summed E-state index contributed by atoms with van der Waals surface area (Å²) in [6, 6.07) is 17.3. The molecular weight excluding hydrogens is 508 g/mol. The first kappa shape index (κ1) is 24.9. The summed E-state index contributed by atoms with van der Waals surface area (Å²) in [6.45, 7) is 5.44. The molecular formula is C28H29BrN2O4. The molecule has 1 heterocycles. The number of fused-ring (bicyclic) bond motifs is 1. The van der Waals surface area contributed by atoms with E-state index in [2.05, 4.69) is 58.6 Å². The highest BCUT2D eigenvalue weighted by molar-refractivity contribution is 9.10. The third-order valence-electron chi connectivity index (χ3n) is 6.07.